The van der Waals surface area contributed by atoms with Crippen molar-refractivity contribution in [3.63, 3.8) is 0 Å². The first-order valence-corrected chi connectivity index (χ1v) is 12.4. The Morgan fingerprint density at radius 3 is 2.31 bits per heavy atom. The van der Waals surface area contributed by atoms with Gasteiger partial charge in [0, 0.05) is 11.4 Å². The Bertz CT molecular complexity index is 1320. The molecule has 8 nitrogen and oxygen atoms in total. The van der Waals surface area contributed by atoms with Gasteiger partial charge in [-0.25, -0.2) is 13.2 Å². The summed E-state index contributed by atoms with van der Waals surface area (Å²) >= 11 is 0. The number of ether oxygens (including phenoxy) is 2. The number of amides is 1. The van der Waals surface area contributed by atoms with E-state index in [1.165, 1.54) is 19.2 Å². The van der Waals surface area contributed by atoms with Gasteiger partial charge in [-0.3, -0.25) is 9.52 Å². The highest BCUT2D eigenvalue weighted by atomic mass is 32.2. The van der Waals surface area contributed by atoms with Crippen LogP contribution in [0.25, 0.3) is 0 Å². The summed E-state index contributed by atoms with van der Waals surface area (Å²) in [6, 6.07) is 18.1. The molecule has 184 valence electrons. The van der Waals surface area contributed by atoms with E-state index >= 15 is 0 Å². The van der Waals surface area contributed by atoms with Crippen molar-refractivity contribution in [2.24, 2.45) is 0 Å². The van der Waals surface area contributed by atoms with Gasteiger partial charge in [-0.05, 0) is 54.8 Å². The molecule has 3 rings (SSSR count). The second-order valence-electron chi connectivity index (χ2n) is 8.20. The van der Waals surface area contributed by atoms with Crippen molar-refractivity contribution < 1.29 is 27.5 Å². The first-order valence-electron chi connectivity index (χ1n) is 10.9. The molecule has 0 saturated carbocycles. The van der Waals surface area contributed by atoms with Crippen LogP contribution in [-0.4, -0.2) is 34.0 Å². The molecule has 35 heavy (non-hydrogen) atoms. The Morgan fingerprint density at radius 1 is 0.971 bits per heavy atom. The SMILES string of the molecule is COc1ccc(C(=O)OCC(=O)Nc2ccccc2C(C)C)cc1S(=O)(=O)Nc1ccc(C)cc1. The highest BCUT2D eigenvalue weighted by Gasteiger charge is 2.23. The average Bonchev–Trinajstić information content (AvgIpc) is 2.83. The first kappa shape index (κ1) is 25.8. The quantitative estimate of drug-likeness (QED) is 0.415. The summed E-state index contributed by atoms with van der Waals surface area (Å²) in [6.45, 7) is 5.38. The minimum atomic E-state index is -4.07. The number of esters is 1. The van der Waals surface area contributed by atoms with Gasteiger partial charge in [-0.1, -0.05) is 49.7 Å². The summed E-state index contributed by atoms with van der Waals surface area (Å²) < 4.78 is 38.8. The predicted octanol–water partition coefficient (Wildman–Crippen LogP) is 4.72. The van der Waals surface area contributed by atoms with E-state index in [0.29, 0.717) is 11.4 Å². The Hall–Kier alpha value is -3.85. The van der Waals surface area contributed by atoms with E-state index in [1.54, 1.807) is 36.4 Å². The van der Waals surface area contributed by atoms with Crippen molar-refractivity contribution in [3.8, 4) is 5.75 Å². The molecule has 9 heteroatoms. The molecule has 1 amide bonds. The second-order valence-corrected chi connectivity index (χ2v) is 9.85. The molecule has 0 spiro atoms. The van der Waals surface area contributed by atoms with Crippen LogP contribution in [-0.2, 0) is 19.6 Å². The molecule has 2 N–H and O–H groups in total. The molecule has 3 aromatic carbocycles. The normalized spacial score (nSPS) is 11.1. The van der Waals surface area contributed by atoms with Gasteiger partial charge in [0.15, 0.2) is 6.61 Å². The maximum absolute atomic E-state index is 13.0. The molecule has 0 heterocycles. The standard InChI is InChI=1S/C26H28N2O6S/c1-17(2)21-7-5-6-8-22(21)27-25(29)16-34-26(30)19-11-14-23(33-4)24(15-19)35(31,32)28-20-12-9-18(3)10-13-20/h5-15,17,28H,16H2,1-4H3,(H,27,29). The van der Waals surface area contributed by atoms with Gasteiger partial charge >= 0.3 is 5.97 Å². The Morgan fingerprint density at radius 2 is 1.66 bits per heavy atom. The van der Waals surface area contributed by atoms with Gasteiger partial charge in [0.1, 0.15) is 10.6 Å². The summed E-state index contributed by atoms with van der Waals surface area (Å²) in [4.78, 5) is 24.7. The van der Waals surface area contributed by atoms with E-state index in [9.17, 15) is 18.0 Å². The third-order valence-electron chi connectivity index (χ3n) is 5.18. The zero-order valence-corrected chi connectivity index (χ0v) is 20.8. The number of carbonyl (C=O) groups is 2. The predicted molar refractivity (Wildman–Crippen MR) is 134 cm³/mol. The maximum atomic E-state index is 13.0. The van der Waals surface area contributed by atoms with E-state index in [4.69, 9.17) is 9.47 Å². The summed E-state index contributed by atoms with van der Waals surface area (Å²) in [6.07, 6.45) is 0. The Labute approximate surface area is 205 Å². The smallest absolute Gasteiger partial charge is 0.338 e. The molecule has 0 unspecified atom stereocenters. The lowest BCUT2D eigenvalue weighted by Crippen LogP contribution is -2.22. The van der Waals surface area contributed by atoms with Crippen LogP contribution in [0.15, 0.2) is 71.6 Å². The number of benzene rings is 3. The van der Waals surface area contributed by atoms with Crippen LogP contribution < -0.4 is 14.8 Å². The van der Waals surface area contributed by atoms with Gasteiger partial charge in [-0.15, -0.1) is 0 Å². The fourth-order valence-corrected chi connectivity index (χ4v) is 4.62. The van der Waals surface area contributed by atoms with Crippen LogP contribution in [0, 0.1) is 6.92 Å². The van der Waals surface area contributed by atoms with Crippen molar-refractivity contribution in [2.75, 3.05) is 23.8 Å². The van der Waals surface area contributed by atoms with Gasteiger partial charge in [0.2, 0.25) is 0 Å². The van der Waals surface area contributed by atoms with E-state index in [0.717, 1.165) is 17.2 Å². The van der Waals surface area contributed by atoms with Gasteiger partial charge in [0.05, 0.1) is 12.7 Å². The van der Waals surface area contributed by atoms with Gasteiger partial charge in [-0.2, -0.15) is 0 Å². The maximum Gasteiger partial charge on any atom is 0.338 e. The number of sulfonamides is 1. The fourth-order valence-electron chi connectivity index (χ4n) is 3.36. The van der Waals surface area contributed by atoms with Crippen LogP contribution in [0.4, 0.5) is 11.4 Å². The number of anilines is 2. The molecule has 0 bridgehead atoms. The van der Waals surface area contributed by atoms with E-state index in [2.05, 4.69) is 10.0 Å². The average molecular weight is 497 g/mol. The van der Waals surface area contributed by atoms with Gasteiger partial charge < -0.3 is 14.8 Å². The van der Waals surface area contributed by atoms with Crippen molar-refractivity contribution in [3.05, 3.63) is 83.4 Å². The number of hydrogen-bond donors (Lipinski definition) is 2. The molecule has 0 aliphatic heterocycles. The topological polar surface area (TPSA) is 111 Å². The molecular weight excluding hydrogens is 468 g/mol. The number of rotatable bonds is 9. The highest BCUT2D eigenvalue weighted by molar-refractivity contribution is 7.92. The Kier molecular flexibility index (Phi) is 8.14. The lowest BCUT2D eigenvalue weighted by Gasteiger charge is -2.14. The highest BCUT2D eigenvalue weighted by Crippen LogP contribution is 2.28. The molecule has 0 saturated heterocycles. The number of hydrogen-bond acceptors (Lipinski definition) is 6. The van der Waals surface area contributed by atoms with Crippen molar-refractivity contribution >= 4 is 33.3 Å². The number of nitrogens with one attached hydrogen (secondary N) is 2. The lowest BCUT2D eigenvalue weighted by atomic mass is 10.0. The molecular formula is C26H28N2O6S. The third-order valence-corrected chi connectivity index (χ3v) is 6.59. The molecule has 0 radical (unpaired) electrons. The van der Waals surface area contributed by atoms with Crippen LogP contribution in [0.3, 0.4) is 0 Å². The largest absolute Gasteiger partial charge is 0.495 e. The summed E-state index contributed by atoms with van der Waals surface area (Å²) in [7, 11) is -2.74. The van der Waals surface area contributed by atoms with E-state index < -0.39 is 28.5 Å². The minimum absolute atomic E-state index is 0.0366. The van der Waals surface area contributed by atoms with Crippen molar-refractivity contribution in [1.29, 1.82) is 0 Å². The first-order chi connectivity index (χ1) is 16.6. The fraction of sp³-hybridized carbons (Fsp3) is 0.231. The van der Waals surface area contributed by atoms with Crippen LogP contribution in [0.1, 0.15) is 41.3 Å². The molecule has 0 aliphatic rings. The molecule has 0 aromatic heterocycles. The van der Waals surface area contributed by atoms with E-state index in [-0.39, 0.29) is 22.1 Å². The summed E-state index contributed by atoms with van der Waals surface area (Å²) in [5, 5.41) is 2.74. The zero-order chi connectivity index (χ0) is 25.6. The van der Waals surface area contributed by atoms with Crippen LogP contribution >= 0.6 is 0 Å². The number of methoxy groups -OCH3 is 1. The number of para-hydroxylation sites is 1. The molecule has 0 fully saturated rings. The Balaban J connectivity index is 1.73. The van der Waals surface area contributed by atoms with Crippen molar-refractivity contribution in [2.45, 2.75) is 31.6 Å². The summed E-state index contributed by atoms with van der Waals surface area (Å²) in [5.41, 5.74) is 2.91. The third kappa shape index (κ3) is 6.60. The number of aryl methyl sites for hydroxylation is 1. The zero-order valence-electron chi connectivity index (χ0n) is 20.0. The molecule has 0 atom stereocenters. The lowest BCUT2D eigenvalue weighted by molar-refractivity contribution is -0.119. The van der Waals surface area contributed by atoms with Crippen LogP contribution in [0.5, 0.6) is 5.75 Å². The van der Waals surface area contributed by atoms with E-state index in [1.807, 2.05) is 32.9 Å². The van der Waals surface area contributed by atoms with Gasteiger partial charge in [0.25, 0.3) is 15.9 Å². The monoisotopic (exact) mass is 496 g/mol. The summed E-state index contributed by atoms with van der Waals surface area (Å²) in [5.74, 6) is -1.09. The second kappa shape index (κ2) is 11.1. The minimum Gasteiger partial charge on any atom is -0.495 e. The molecule has 3 aromatic rings. The number of carbonyl (C=O) groups excluding carboxylic acids is 2. The van der Waals surface area contributed by atoms with Crippen molar-refractivity contribution in [1.82, 2.24) is 0 Å². The van der Waals surface area contributed by atoms with Crippen LogP contribution in [0.2, 0.25) is 0 Å². The molecule has 0 aliphatic carbocycles.